The molecule has 1 nitrogen and oxygen atoms in total. The Bertz CT molecular complexity index is 461. The molecule has 0 aromatic carbocycles. The average molecular weight is 288 g/mol. The van der Waals surface area contributed by atoms with Crippen molar-refractivity contribution in [2.75, 3.05) is 0 Å². The van der Waals surface area contributed by atoms with Crippen molar-refractivity contribution in [3.63, 3.8) is 0 Å². The van der Waals surface area contributed by atoms with Crippen LogP contribution in [0.5, 0.6) is 0 Å². The van der Waals surface area contributed by atoms with Crippen molar-refractivity contribution >= 4 is 0 Å². The molecule has 0 bridgehead atoms. The van der Waals surface area contributed by atoms with Gasteiger partial charge >= 0.3 is 0 Å². The number of rotatable bonds is 3. The zero-order valence-corrected chi connectivity index (χ0v) is 14.4. The molecule has 0 aromatic heterocycles. The Kier molecular flexibility index (Phi) is 4.82. The fraction of sp³-hybridized carbons (Fsp3) is 0.700. The van der Waals surface area contributed by atoms with E-state index in [1.807, 2.05) is 26.0 Å². The number of hydrogen-bond acceptors (Lipinski definition) is 1. The van der Waals surface area contributed by atoms with Crippen LogP contribution < -0.4 is 0 Å². The molecular weight excluding hydrogens is 256 g/mol. The molecule has 2 aliphatic rings. The van der Waals surface area contributed by atoms with Crippen LogP contribution >= 0.6 is 0 Å². The lowest BCUT2D eigenvalue weighted by atomic mass is 9.57. The number of hydrogen-bond donors (Lipinski definition) is 1. The molecule has 1 N–H and O–H groups in total. The van der Waals surface area contributed by atoms with E-state index in [-0.39, 0.29) is 0 Å². The molecule has 2 aliphatic carbocycles. The SMILES string of the molecule is CC(=CC=CC(C)(C)O)C1CCC2(C)CCC=C(C)C2C1. The minimum atomic E-state index is -0.718. The van der Waals surface area contributed by atoms with E-state index in [0.717, 1.165) is 5.92 Å². The van der Waals surface area contributed by atoms with Crippen molar-refractivity contribution in [1.82, 2.24) is 0 Å². The van der Waals surface area contributed by atoms with Gasteiger partial charge in [-0.05, 0) is 77.0 Å². The van der Waals surface area contributed by atoms with Gasteiger partial charge in [0.15, 0.2) is 0 Å². The zero-order valence-electron chi connectivity index (χ0n) is 14.4. The van der Waals surface area contributed by atoms with Crippen LogP contribution in [0.4, 0.5) is 0 Å². The van der Waals surface area contributed by atoms with E-state index >= 15 is 0 Å². The largest absolute Gasteiger partial charge is 0.386 e. The quantitative estimate of drug-likeness (QED) is 0.543. The first-order valence-electron chi connectivity index (χ1n) is 8.46. The molecule has 0 amide bonds. The fourth-order valence-electron chi connectivity index (χ4n) is 4.16. The molecule has 21 heavy (non-hydrogen) atoms. The summed E-state index contributed by atoms with van der Waals surface area (Å²) in [7, 11) is 0. The first kappa shape index (κ1) is 16.5. The van der Waals surface area contributed by atoms with Crippen LogP contribution in [0.15, 0.2) is 35.5 Å². The maximum atomic E-state index is 9.74. The molecule has 1 heteroatoms. The predicted molar refractivity (Wildman–Crippen MR) is 91.1 cm³/mol. The van der Waals surface area contributed by atoms with Crippen molar-refractivity contribution < 1.29 is 5.11 Å². The normalized spacial score (nSPS) is 34.8. The van der Waals surface area contributed by atoms with Crippen LogP contribution in [-0.2, 0) is 0 Å². The van der Waals surface area contributed by atoms with Crippen molar-refractivity contribution in [2.45, 2.75) is 72.3 Å². The molecule has 0 heterocycles. The highest BCUT2D eigenvalue weighted by Gasteiger charge is 2.41. The Balaban J connectivity index is 2.06. The fourth-order valence-corrected chi connectivity index (χ4v) is 4.16. The molecule has 0 radical (unpaired) electrons. The second-order valence-electron chi connectivity index (χ2n) is 8.09. The molecule has 1 saturated carbocycles. The summed E-state index contributed by atoms with van der Waals surface area (Å²) in [6.07, 6.45) is 15.2. The summed E-state index contributed by atoms with van der Waals surface area (Å²) >= 11 is 0. The van der Waals surface area contributed by atoms with Gasteiger partial charge in [0.05, 0.1) is 5.60 Å². The van der Waals surface area contributed by atoms with Gasteiger partial charge in [-0.25, -0.2) is 0 Å². The Labute approximate surface area is 130 Å². The van der Waals surface area contributed by atoms with E-state index in [1.54, 1.807) is 5.57 Å². The summed E-state index contributed by atoms with van der Waals surface area (Å²) in [5.41, 5.74) is 2.91. The lowest BCUT2D eigenvalue weighted by molar-refractivity contribution is 0.0980. The zero-order chi connectivity index (χ0) is 15.7. The molecule has 0 spiro atoms. The van der Waals surface area contributed by atoms with E-state index in [9.17, 15) is 5.11 Å². The maximum absolute atomic E-state index is 9.74. The third-order valence-electron chi connectivity index (χ3n) is 5.66. The van der Waals surface area contributed by atoms with E-state index in [4.69, 9.17) is 0 Å². The van der Waals surface area contributed by atoms with Gasteiger partial charge in [0.1, 0.15) is 0 Å². The van der Waals surface area contributed by atoms with E-state index in [1.165, 1.54) is 37.7 Å². The van der Waals surface area contributed by atoms with E-state index < -0.39 is 5.60 Å². The maximum Gasteiger partial charge on any atom is 0.0774 e. The van der Waals surface area contributed by atoms with Gasteiger partial charge in [0, 0.05) is 0 Å². The van der Waals surface area contributed by atoms with Gasteiger partial charge in [-0.1, -0.05) is 42.4 Å². The summed E-state index contributed by atoms with van der Waals surface area (Å²) in [5, 5.41) is 9.74. The molecule has 0 saturated heterocycles. The highest BCUT2D eigenvalue weighted by atomic mass is 16.3. The third kappa shape index (κ3) is 4.10. The van der Waals surface area contributed by atoms with Crippen LogP contribution in [0.1, 0.15) is 66.7 Å². The van der Waals surface area contributed by atoms with Crippen LogP contribution in [0, 0.1) is 17.3 Å². The van der Waals surface area contributed by atoms with Gasteiger partial charge < -0.3 is 5.11 Å². The van der Waals surface area contributed by atoms with Crippen molar-refractivity contribution in [2.24, 2.45) is 17.3 Å². The summed E-state index contributed by atoms with van der Waals surface area (Å²) in [6, 6.07) is 0. The van der Waals surface area contributed by atoms with Crippen molar-refractivity contribution in [3.8, 4) is 0 Å². The topological polar surface area (TPSA) is 20.2 Å². The molecule has 118 valence electrons. The summed E-state index contributed by atoms with van der Waals surface area (Å²) in [6.45, 7) is 10.7. The minimum Gasteiger partial charge on any atom is -0.386 e. The van der Waals surface area contributed by atoms with Gasteiger partial charge in [0.25, 0.3) is 0 Å². The van der Waals surface area contributed by atoms with Gasteiger partial charge in [-0.15, -0.1) is 0 Å². The van der Waals surface area contributed by atoms with Crippen LogP contribution in [0.2, 0.25) is 0 Å². The van der Waals surface area contributed by atoms with Crippen LogP contribution in [-0.4, -0.2) is 10.7 Å². The molecule has 0 aliphatic heterocycles. The summed E-state index contributed by atoms with van der Waals surface area (Å²) < 4.78 is 0. The molecule has 1 fully saturated rings. The first-order valence-corrected chi connectivity index (χ1v) is 8.46. The monoisotopic (exact) mass is 288 g/mol. The lowest BCUT2D eigenvalue weighted by Gasteiger charge is -2.48. The highest BCUT2D eigenvalue weighted by Crippen LogP contribution is 2.53. The highest BCUT2D eigenvalue weighted by molar-refractivity contribution is 5.20. The van der Waals surface area contributed by atoms with E-state index in [0.29, 0.717) is 11.3 Å². The second-order valence-corrected chi connectivity index (χ2v) is 8.09. The number of fused-ring (bicyclic) bond motifs is 1. The smallest absolute Gasteiger partial charge is 0.0774 e. The van der Waals surface area contributed by atoms with Gasteiger partial charge in [-0.3, -0.25) is 0 Å². The van der Waals surface area contributed by atoms with Gasteiger partial charge in [0.2, 0.25) is 0 Å². The van der Waals surface area contributed by atoms with Crippen molar-refractivity contribution in [3.05, 3.63) is 35.5 Å². The Hall–Kier alpha value is -0.820. The molecule has 0 aromatic rings. The average Bonchev–Trinajstić information content (AvgIpc) is 2.36. The number of aliphatic hydroxyl groups is 1. The first-order chi connectivity index (χ1) is 9.71. The van der Waals surface area contributed by atoms with Crippen LogP contribution in [0.3, 0.4) is 0 Å². The van der Waals surface area contributed by atoms with Crippen molar-refractivity contribution in [1.29, 1.82) is 0 Å². The second kappa shape index (κ2) is 6.12. The number of allylic oxidation sites excluding steroid dienone is 5. The minimum absolute atomic E-state index is 0.540. The predicted octanol–water partition coefficient (Wildman–Crippen LogP) is 5.42. The van der Waals surface area contributed by atoms with E-state index in [2.05, 4.69) is 32.9 Å². The lowest BCUT2D eigenvalue weighted by Crippen LogP contribution is -2.37. The summed E-state index contributed by atoms with van der Waals surface area (Å²) in [5.74, 6) is 1.47. The molecule has 2 rings (SSSR count). The Morgan fingerprint density at radius 3 is 2.76 bits per heavy atom. The molecule has 3 atom stereocenters. The standard InChI is InChI=1S/C20H32O/c1-15(8-6-11-19(3,4)21)17-10-13-20(5)12-7-9-16(2)18(20)14-17/h6,8-9,11,17-18,21H,7,10,12-14H2,1-5H3. The Morgan fingerprint density at radius 2 is 2.10 bits per heavy atom. The molecular formula is C20H32O. The summed E-state index contributed by atoms with van der Waals surface area (Å²) in [4.78, 5) is 0. The van der Waals surface area contributed by atoms with Gasteiger partial charge in [-0.2, -0.15) is 0 Å². The Morgan fingerprint density at radius 1 is 1.38 bits per heavy atom. The third-order valence-corrected chi connectivity index (χ3v) is 5.66. The van der Waals surface area contributed by atoms with Crippen LogP contribution in [0.25, 0.3) is 0 Å². The molecule has 3 unspecified atom stereocenters.